The molecule has 1 rings (SSSR count). The van der Waals surface area contributed by atoms with Crippen LogP contribution in [0.2, 0.25) is 0 Å². The summed E-state index contributed by atoms with van der Waals surface area (Å²) in [5.41, 5.74) is 4.99. The Kier molecular flexibility index (Phi) is 6.23. The Morgan fingerprint density at radius 3 is 2.40 bits per heavy atom. The van der Waals surface area contributed by atoms with Crippen molar-refractivity contribution in [2.75, 3.05) is 32.7 Å². The molecule has 8 heteroatoms. The Balaban J connectivity index is 2.36. The first-order valence-electron chi connectivity index (χ1n) is 6.71. The van der Waals surface area contributed by atoms with Crippen LogP contribution in [0, 0.1) is 0 Å². The quantitative estimate of drug-likeness (QED) is 0.505. The van der Waals surface area contributed by atoms with E-state index >= 15 is 0 Å². The molecule has 0 radical (unpaired) electrons. The van der Waals surface area contributed by atoms with Gasteiger partial charge in [0, 0.05) is 19.1 Å². The number of carbonyl (C=O) groups is 3. The maximum Gasteiger partial charge on any atom is 0.323 e. The van der Waals surface area contributed by atoms with Crippen LogP contribution in [0.15, 0.2) is 0 Å². The van der Waals surface area contributed by atoms with Gasteiger partial charge in [-0.2, -0.15) is 0 Å². The van der Waals surface area contributed by atoms with Crippen LogP contribution in [0.25, 0.3) is 0 Å². The summed E-state index contributed by atoms with van der Waals surface area (Å²) >= 11 is 0. The third-order valence-corrected chi connectivity index (χ3v) is 3.10. The van der Waals surface area contributed by atoms with E-state index in [4.69, 9.17) is 10.8 Å². The lowest BCUT2D eigenvalue weighted by molar-refractivity contribution is -0.137. The molecule has 0 aromatic heterocycles. The molecule has 0 spiro atoms. The Bertz CT molecular complexity index is 354. The number of carbonyl (C=O) groups excluding carboxylic acids is 2. The highest BCUT2D eigenvalue weighted by Crippen LogP contribution is 2.25. The van der Waals surface area contributed by atoms with E-state index in [2.05, 4.69) is 17.1 Å². The predicted octanol–water partition coefficient (Wildman–Crippen LogP) is -0.948. The number of rotatable bonds is 9. The minimum atomic E-state index is -1.19. The molecule has 1 aliphatic rings. The summed E-state index contributed by atoms with van der Waals surface area (Å²) in [7, 11) is 0. The van der Waals surface area contributed by atoms with E-state index in [9.17, 15) is 14.4 Å². The standard InChI is InChI=1S/C12H22N4O4/c1-2-15(9-3-4-9)6-5-14-12(20)16(7-10(13)17)8-11(18)19/h9H,2-8H2,1H3,(H2,13,17)(H,14,20)(H,18,19). The number of nitrogens with one attached hydrogen (secondary N) is 1. The molecule has 0 bridgehead atoms. The van der Waals surface area contributed by atoms with Gasteiger partial charge in [-0.15, -0.1) is 0 Å². The van der Waals surface area contributed by atoms with E-state index < -0.39 is 31.0 Å². The summed E-state index contributed by atoms with van der Waals surface area (Å²) in [6, 6.07) is 0.0238. The SMILES string of the molecule is CCN(CCNC(=O)N(CC(N)=O)CC(=O)O)C1CC1. The highest BCUT2D eigenvalue weighted by Gasteiger charge is 2.27. The zero-order valence-electron chi connectivity index (χ0n) is 11.7. The zero-order valence-corrected chi connectivity index (χ0v) is 11.7. The van der Waals surface area contributed by atoms with Crippen LogP contribution in [0.1, 0.15) is 19.8 Å². The summed E-state index contributed by atoms with van der Waals surface area (Å²) in [5.74, 6) is -1.93. The fourth-order valence-corrected chi connectivity index (χ4v) is 2.01. The Morgan fingerprint density at radius 1 is 1.30 bits per heavy atom. The van der Waals surface area contributed by atoms with Crippen molar-refractivity contribution in [2.45, 2.75) is 25.8 Å². The number of hydrogen-bond acceptors (Lipinski definition) is 4. The van der Waals surface area contributed by atoms with Gasteiger partial charge in [0.05, 0.1) is 0 Å². The molecule has 0 saturated heterocycles. The normalized spacial score (nSPS) is 14.1. The van der Waals surface area contributed by atoms with Crippen LogP contribution in [-0.2, 0) is 9.59 Å². The van der Waals surface area contributed by atoms with Gasteiger partial charge in [0.15, 0.2) is 0 Å². The average Bonchev–Trinajstić information content (AvgIpc) is 3.16. The molecule has 0 heterocycles. The van der Waals surface area contributed by atoms with Gasteiger partial charge >= 0.3 is 12.0 Å². The minimum absolute atomic E-state index is 0.405. The molecule has 1 saturated carbocycles. The summed E-state index contributed by atoms with van der Waals surface area (Å²) < 4.78 is 0. The van der Waals surface area contributed by atoms with E-state index in [0.717, 1.165) is 11.4 Å². The fourth-order valence-electron chi connectivity index (χ4n) is 2.01. The van der Waals surface area contributed by atoms with Crippen molar-refractivity contribution in [1.29, 1.82) is 0 Å². The number of hydrogen-bond donors (Lipinski definition) is 3. The predicted molar refractivity (Wildman–Crippen MR) is 72.1 cm³/mol. The largest absolute Gasteiger partial charge is 0.480 e. The molecule has 0 aliphatic heterocycles. The van der Waals surface area contributed by atoms with Gasteiger partial charge in [0.25, 0.3) is 0 Å². The molecule has 1 fully saturated rings. The molecule has 1 aliphatic carbocycles. The van der Waals surface area contributed by atoms with Crippen LogP contribution in [0.4, 0.5) is 4.79 Å². The van der Waals surface area contributed by atoms with Crippen molar-refractivity contribution < 1.29 is 19.5 Å². The van der Waals surface area contributed by atoms with E-state index in [-0.39, 0.29) is 0 Å². The molecule has 8 nitrogen and oxygen atoms in total. The molecule has 0 unspecified atom stereocenters. The number of nitrogens with zero attached hydrogens (tertiary/aromatic N) is 2. The maximum atomic E-state index is 11.8. The van der Waals surface area contributed by atoms with Crippen molar-refractivity contribution in [3.8, 4) is 0 Å². The van der Waals surface area contributed by atoms with Gasteiger partial charge in [0.2, 0.25) is 5.91 Å². The second-order valence-electron chi connectivity index (χ2n) is 4.81. The second-order valence-corrected chi connectivity index (χ2v) is 4.81. The highest BCUT2D eigenvalue weighted by molar-refractivity contribution is 5.85. The van der Waals surface area contributed by atoms with Gasteiger partial charge in [-0.3, -0.25) is 14.5 Å². The molecule has 20 heavy (non-hydrogen) atoms. The number of carboxylic acids is 1. The first-order valence-corrected chi connectivity index (χ1v) is 6.71. The topological polar surface area (TPSA) is 116 Å². The number of nitrogens with two attached hydrogens (primary N) is 1. The van der Waals surface area contributed by atoms with Crippen molar-refractivity contribution in [1.82, 2.24) is 15.1 Å². The molecule has 0 aromatic rings. The number of amides is 3. The lowest BCUT2D eigenvalue weighted by atomic mass is 10.4. The lowest BCUT2D eigenvalue weighted by Gasteiger charge is -2.22. The van der Waals surface area contributed by atoms with Gasteiger partial charge in [-0.1, -0.05) is 6.92 Å². The number of primary amides is 1. The molecular formula is C12H22N4O4. The number of likely N-dealkylation sites (N-methyl/N-ethyl adjacent to an activating group) is 1. The second kappa shape index (κ2) is 7.68. The van der Waals surface area contributed by atoms with Crippen LogP contribution < -0.4 is 11.1 Å². The van der Waals surface area contributed by atoms with Crippen molar-refractivity contribution >= 4 is 17.9 Å². The van der Waals surface area contributed by atoms with Gasteiger partial charge in [-0.05, 0) is 19.4 Å². The van der Waals surface area contributed by atoms with Crippen molar-refractivity contribution in [3.63, 3.8) is 0 Å². The first kappa shape index (κ1) is 16.2. The van der Waals surface area contributed by atoms with E-state index in [0.29, 0.717) is 19.1 Å². The van der Waals surface area contributed by atoms with Gasteiger partial charge in [-0.25, -0.2) is 4.79 Å². The molecule has 114 valence electrons. The molecule has 0 aromatic carbocycles. The van der Waals surface area contributed by atoms with Crippen LogP contribution in [0.3, 0.4) is 0 Å². The number of carboxylic acid groups (broad SMARTS) is 1. The third-order valence-electron chi connectivity index (χ3n) is 3.10. The minimum Gasteiger partial charge on any atom is -0.480 e. The van der Waals surface area contributed by atoms with Crippen molar-refractivity contribution in [3.05, 3.63) is 0 Å². The monoisotopic (exact) mass is 286 g/mol. The van der Waals surface area contributed by atoms with E-state index in [1.807, 2.05) is 0 Å². The number of urea groups is 1. The zero-order chi connectivity index (χ0) is 15.1. The fraction of sp³-hybridized carbons (Fsp3) is 0.750. The van der Waals surface area contributed by atoms with Gasteiger partial charge < -0.3 is 21.1 Å². The van der Waals surface area contributed by atoms with E-state index in [1.54, 1.807) is 0 Å². The molecular weight excluding hydrogens is 264 g/mol. The average molecular weight is 286 g/mol. The lowest BCUT2D eigenvalue weighted by Crippen LogP contribution is -2.48. The highest BCUT2D eigenvalue weighted by atomic mass is 16.4. The van der Waals surface area contributed by atoms with Crippen LogP contribution >= 0.6 is 0 Å². The Labute approximate surface area is 117 Å². The summed E-state index contributed by atoms with van der Waals surface area (Å²) in [6.07, 6.45) is 2.38. The smallest absolute Gasteiger partial charge is 0.323 e. The Morgan fingerprint density at radius 2 is 1.95 bits per heavy atom. The van der Waals surface area contributed by atoms with Gasteiger partial charge in [0.1, 0.15) is 13.1 Å². The summed E-state index contributed by atoms with van der Waals surface area (Å²) in [6.45, 7) is 3.15. The number of aliphatic carboxylic acids is 1. The molecule has 4 N–H and O–H groups in total. The summed E-state index contributed by atoms with van der Waals surface area (Å²) in [4.78, 5) is 36.4. The van der Waals surface area contributed by atoms with Crippen molar-refractivity contribution in [2.24, 2.45) is 5.73 Å². The maximum absolute atomic E-state index is 11.8. The first-order chi connectivity index (χ1) is 9.43. The summed E-state index contributed by atoms with van der Waals surface area (Å²) in [5, 5.41) is 11.3. The van der Waals surface area contributed by atoms with Crippen LogP contribution in [0.5, 0.6) is 0 Å². The van der Waals surface area contributed by atoms with Crippen LogP contribution in [-0.4, -0.2) is 71.6 Å². The van der Waals surface area contributed by atoms with E-state index in [1.165, 1.54) is 12.8 Å². The molecule has 3 amide bonds. The Hall–Kier alpha value is -1.83. The third kappa shape index (κ3) is 5.87. The molecule has 0 atom stereocenters.